The summed E-state index contributed by atoms with van der Waals surface area (Å²) in [6.45, 7) is 1.59. The molecule has 0 aliphatic rings. The quantitative estimate of drug-likeness (QED) is 0.566. The highest BCUT2D eigenvalue weighted by molar-refractivity contribution is 9.10. The Bertz CT molecular complexity index is 1090. The molecule has 0 saturated heterocycles. The maximum absolute atomic E-state index is 12.4. The third-order valence-corrected chi connectivity index (χ3v) is 4.60. The van der Waals surface area contributed by atoms with Crippen LogP contribution in [0, 0.1) is 11.3 Å². The van der Waals surface area contributed by atoms with Gasteiger partial charge in [0, 0.05) is 16.1 Å². The summed E-state index contributed by atoms with van der Waals surface area (Å²) in [5.41, 5.74) is 1.30. The van der Waals surface area contributed by atoms with E-state index in [-0.39, 0.29) is 17.7 Å². The molecular weight excluding hydrogens is 448 g/mol. The van der Waals surface area contributed by atoms with Gasteiger partial charge in [-0.3, -0.25) is 9.59 Å². The van der Waals surface area contributed by atoms with Crippen LogP contribution in [0.5, 0.6) is 11.6 Å². The minimum absolute atomic E-state index is 0.285. The average Bonchev–Trinajstić information content (AvgIpc) is 2.75. The van der Waals surface area contributed by atoms with E-state index in [1.165, 1.54) is 6.20 Å². The molecule has 1 heterocycles. The lowest BCUT2D eigenvalue weighted by Crippen LogP contribution is -2.41. The van der Waals surface area contributed by atoms with Crippen LogP contribution in [0.15, 0.2) is 71.3 Å². The van der Waals surface area contributed by atoms with Gasteiger partial charge in [-0.05, 0) is 49.4 Å². The van der Waals surface area contributed by atoms with Crippen LogP contribution in [0.25, 0.3) is 0 Å². The summed E-state index contributed by atoms with van der Waals surface area (Å²) in [4.78, 5) is 28.7. The normalized spacial score (nSPS) is 11.1. The first-order chi connectivity index (χ1) is 14.5. The number of carbonyl (C=O) groups is 2. The van der Waals surface area contributed by atoms with Crippen molar-refractivity contribution < 1.29 is 14.3 Å². The third kappa shape index (κ3) is 5.43. The predicted molar refractivity (Wildman–Crippen MR) is 115 cm³/mol. The first-order valence-corrected chi connectivity index (χ1v) is 9.76. The van der Waals surface area contributed by atoms with Crippen LogP contribution in [-0.4, -0.2) is 22.8 Å². The van der Waals surface area contributed by atoms with Gasteiger partial charge in [0.05, 0.1) is 17.4 Å². The van der Waals surface area contributed by atoms with Crippen molar-refractivity contribution in [3.63, 3.8) is 0 Å². The number of rotatable bonds is 6. The number of nitriles is 1. The first kappa shape index (κ1) is 21.0. The van der Waals surface area contributed by atoms with E-state index < -0.39 is 6.04 Å². The van der Waals surface area contributed by atoms with Crippen molar-refractivity contribution in [1.82, 2.24) is 10.3 Å². The van der Waals surface area contributed by atoms with Crippen molar-refractivity contribution >= 4 is 33.4 Å². The van der Waals surface area contributed by atoms with Crippen LogP contribution >= 0.6 is 15.9 Å². The number of aromatic nitrogens is 1. The van der Waals surface area contributed by atoms with Crippen molar-refractivity contribution in [2.75, 3.05) is 5.32 Å². The molecule has 1 aromatic heterocycles. The van der Waals surface area contributed by atoms with Crippen molar-refractivity contribution in [1.29, 1.82) is 5.26 Å². The lowest BCUT2D eigenvalue weighted by molar-refractivity contribution is -0.117. The summed E-state index contributed by atoms with van der Waals surface area (Å²) in [6, 6.07) is 18.2. The zero-order valence-corrected chi connectivity index (χ0v) is 17.5. The Labute approximate surface area is 181 Å². The third-order valence-electron chi connectivity index (χ3n) is 4.07. The highest BCUT2D eigenvalue weighted by Gasteiger charge is 2.17. The fourth-order valence-corrected chi connectivity index (χ4v) is 2.74. The number of halogens is 1. The Morgan fingerprint density at radius 1 is 1.10 bits per heavy atom. The molecule has 0 aliphatic carbocycles. The number of hydrogen-bond donors (Lipinski definition) is 2. The molecule has 0 radical (unpaired) electrons. The molecule has 1 atom stereocenters. The minimum atomic E-state index is -0.750. The molecule has 3 aromatic rings. The second-order valence-corrected chi connectivity index (χ2v) is 7.20. The van der Waals surface area contributed by atoms with E-state index in [0.29, 0.717) is 22.6 Å². The zero-order valence-electron chi connectivity index (χ0n) is 15.9. The number of pyridine rings is 1. The number of ether oxygens (including phenoxy) is 1. The highest BCUT2D eigenvalue weighted by Crippen LogP contribution is 2.23. The van der Waals surface area contributed by atoms with E-state index >= 15 is 0 Å². The maximum Gasteiger partial charge on any atom is 0.251 e. The molecule has 2 N–H and O–H groups in total. The van der Waals surface area contributed by atoms with Gasteiger partial charge < -0.3 is 15.4 Å². The van der Waals surface area contributed by atoms with Crippen LogP contribution < -0.4 is 15.4 Å². The average molecular weight is 465 g/mol. The van der Waals surface area contributed by atoms with Crippen molar-refractivity contribution in [3.8, 4) is 17.7 Å². The number of amides is 2. The van der Waals surface area contributed by atoms with Gasteiger partial charge in [-0.1, -0.05) is 28.1 Å². The van der Waals surface area contributed by atoms with E-state index in [2.05, 4.69) is 31.5 Å². The molecule has 0 aliphatic heterocycles. The molecule has 8 heteroatoms. The largest absolute Gasteiger partial charge is 0.438 e. The smallest absolute Gasteiger partial charge is 0.251 e. The number of hydrogen-bond acceptors (Lipinski definition) is 5. The molecule has 3 rings (SSSR count). The molecule has 0 saturated carbocycles. The van der Waals surface area contributed by atoms with Gasteiger partial charge in [-0.15, -0.1) is 0 Å². The van der Waals surface area contributed by atoms with E-state index in [0.717, 1.165) is 4.47 Å². The van der Waals surface area contributed by atoms with Crippen LogP contribution in [-0.2, 0) is 4.79 Å². The van der Waals surface area contributed by atoms with Crippen molar-refractivity contribution in [2.24, 2.45) is 0 Å². The van der Waals surface area contributed by atoms with E-state index in [9.17, 15) is 9.59 Å². The van der Waals surface area contributed by atoms with Crippen molar-refractivity contribution in [3.05, 3.63) is 82.5 Å². The second-order valence-electron chi connectivity index (χ2n) is 6.29. The SMILES string of the molecule is CC(NC(=O)c1ccc(Br)cc1)C(=O)Nc1ccc(Oc2ccccc2C#N)nc1. The molecule has 2 aromatic carbocycles. The van der Waals surface area contributed by atoms with E-state index in [1.807, 2.05) is 6.07 Å². The number of anilines is 1. The Hall–Kier alpha value is -3.70. The van der Waals surface area contributed by atoms with Gasteiger partial charge in [0.1, 0.15) is 17.9 Å². The summed E-state index contributed by atoms with van der Waals surface area (Å²) >= 11 is 3.31. The predicted octanol–water partition coefficient (Wildman–Crippen LogP) is 4.27. The minimum Gasteiger partial charge on any atom is -0.438 e. The number of nitrogens with one attached hydrogen (secondary N) is 2. The molecule has 30 heavy (non-hydrogen) atoms. The molecule has 1 unspecified atom stereocenters. The summed E-state index contributed by atoms with van der Waals surface area (Å²) in [6.07, 6.45) is 1.44. The summed E-state index contributed by atoms with van der Waals surface area (Å²) in [7, 11) is 0. The van der Waals surface area contributed by atoms with Crippen LogP contribution in [0.2, 0.25) is 0 Å². The number of nitrogens with zero attached hydrogens (tertiary/aromatic N) is 2. The molecule has 0 spiro atoms. The second kappa shape index (κ2) is 9.67. The molecule has 2 amide bonds. The standard InChI is InChI=1S/C22H17BrN4O3/c1-14(26-22(29)15-6-8-17(23)9-7-15)21(28)27-18-10-11-20(25-13-18)30-19-5-3-2-4-16(19)12-24/h2-11,13-14H,1H3,(H,26,29)(H,27,28). The fraction of sp³-hybridized carbons (Fsp3) is 0.0909. The Balaban J connectivity index is 1.58. The first-order valence-electron chi connectivity index (χ1n) is 8.96. The Kier molecular flexibility index (Phi) is 6.78. The van der Waals surface area contributed by atoms with Gasteiger partial charge >= 0.3 is 0 Å². The lowest BCUT2D eigenvalue weighted by atomic mass is 10.2. The van der Waals surface area contributed by atoms with Crippen LogP contribution in [0.4, 0.5) is 5.69 Å². The number of benzene rings is 2. The molecule has 0 fully saturated rings. The maximum atomic E-state index is 12.4. The van der Waals surface area contributed by atoms with E-state index in [1.54, 1.807) is 67.6 Å². The van der Waals surface area contributed by atoms with Gasteiger partial charge in [-0.2, -0.15) is 5.26 Å². The highest BCUT2D eigenvalue weighted by atomic mass is 79.9. The monoisotopic (exact) mass is 464 g/mol. The molecule has 0 bridgehead atoms. The Morgan fingerprint density at radius 2 is 1.83 bits per heavy atom. The number of carbonyl (C=O) groups excluding carboxylic acids is 2. The van der Waals surface area contributed by atoms with Crippen molar-refractivity contribution in [2.45, 2.75) is 13.0 Å². The topological polar surface area (TPSA) is 104 Å². The Morgan fingerprint density at radius 3 is 2.50 bits per heavy atom. The van der Waals surface area contributed by atoms with E-state index in [4.69, 9.17) is 10.00 Å². The van der Waals surface area contributed by atoms with Gasteiger partial charge in [0.15, 0.2) is 0 Å². The summed E-state index contributed by atoms with van der Waals surface area (Å²) in [5.74, 6) is -0.0465. The lowest BCUT2D eigenvalue weighted by Gasteiger charge is -2.14. The fourth-order valence-electron chi connectivity index (χ4n) is 2.47. The molecule has 7 nitrogen and oxygen atoms in total. The summed E-state index contributed by atoms with van der Waals surface area (Å²) in [5, 5.41) is 14.4. The van der Waals surface area contributed by atoms with Crippen LogP contribution in [0.3, 0.4) is 0 Å². The number of para-hydroxylation sites is 1. The molecule has 150 valence electrons. The van der Waals surface area contributed by atoms with Gasteiger partial charge in [-0.25, -0.2) is 4.98 Å². The van der Waals surface area contributed by atoms with Crippen LogP contribution in [0.1, 0.15) is 22.8 Å². The van der Waals surface area contributed by atoms with Gasteiger partial charge in [0.25, 0.3) is 5.91 Å². The molecular formula is C22H17BrN4O3. The summed E-state index contributed by atoms with van der Waals surface area (Å²) < 4.78 is 6.47. The zero-order chi connectivity index (χ0) is 21.5. The van der Waals surface area contributed by atoms with Gasteiger partial charge in [0.2, 0.25) is 11.8 Å².